The van der Waals surface area contributed by atoms with E-state index in [4.69, 9.17) is 16.6 Å². The van der Waals surface area contributed by atoms with Gasteiger partial charge in [0.1, 0.15) is 5.82 Å². The molecule has 0 spiro atoms. The summed E-state index contributed by atoms with van der Waals surface area (Å²) in [4.78, 5) is 20.2. The fraction of sp³-hybridized carbons (Fsp3) is 0.333. The highest BCUT2D eigenvalue weighted by atomic mass is 35.5. The molecule has 2 atom stereocenters. The number of halogens is 1. The highest BCUT2D eigenvalue weighted by Crippen LogP contribution is 2.44. The Balaban J connectivity index is 1.64. The molecule has 1 aromatic carbocycles. The Labute approximate surface area is 181 Å². The van der Waals surface area contributed by atoms with Crippen LogP contribution in [0.2, 0.25) is 5.02 Å². The number of nitrogens with zero attached hydrogens (tertiary/aromatic N) is 4. The first kappa shape index (κ1) is 19.3. The van der Waals surface area contributed by atoms with Crippen LogP contribution in [-0.4, -0.2) is 31.4 Å². The molecule has 30 heavy (non-hydrogen) atoms. The van der Waals surface area contributed by atoms with Crippen LogP contribution in [-0.2, 0) is 0 Å². The maximum Gasteiger partial charge on any atom is 0.157 e. The van der Waals surface area contributed by atoms with E-state index in [0.29, 0.717) is 5.92 Å². The lowest BCUT2D eigenvalue weighted by Gasteiger charge is -2.33. The maximum atomic E-state index is 6.34. The van der Waals surface area contributed by atoms with Gasteiger partial charge in [-0.15, -0.1) is 0 Å². The van der Waals surface area contributed by atoms with E-state index in [0.717, 1.165) is 58.2 Å². The van der Waals surface area contributed by atoms with Crippen molar-refractivity contribution in [3.8, 4) is 0 Å². The SMILES string of the molecule is CC1=CC[CH]C(c2ncccn2)=C1N1CC[C@H](C)[C@H]1c1nc2c(C)c(Cl)ccc2[nH]1. The number of imidazole rings is 1. The van der Waals surface area contributed by atoms with Gasteiger partial charge in [0, 0.05) is 41.7 Å². The van der Waals surface area contributed by atoms with Crippen LogP contribution in [0.25, 0.3) is 16.6 Å². The molecule has 1 fully saturated rings. The average molecular weight is 419 g/mol. The van der Waals surface area contributed by atoms with Gasteiger partial charge in [0.25, 0.3) is 0 Å². The van der Waals surface area contributed by atoms with Crippen LogP contribution >= 0.6 is 11.6 Å². The number of rotatable bonds is 3. The minimum atomic E-state index is 0.166. The molecule has 3 heterocycles. The number of likely N-dealkylation sites (tertiary alicyclic amines) is 1. The van der Waals surface area contributed by atoms with Gasteiger partial charge in [-0.1, -0.05) is 24.6 Å². The van der Waals surface area contributed by atoms with Crippen molar-refractivity contribution >= 4 is 28.2 Å². The Morgan fingerprint density at radius 3 is 2.77 bits per heavy atom. The molecule has 6 heteroatoms. The normalized spacial score (nSPS) is 22.1. The molecule has 153 valence electrons. The van der Waals surface area contributed by atoms with Crippen LogP contribution in [0.1, 0.15) is 49.9 Å². The van der Waals surface area contributed by atoms with Crippen molar-refractivity contribution in [3.63, 3.8) is 0 Å². The van der Waals surface area contributed by atoms with E-state index in [1.165, 1.54) is 11.3 Å². The molecule has 2 aliphatic rings. The standard InChI is InChI=1S/C24H25ClN5/c1-14-6-4-7-17(23-26-11-5-12-27-23)21(14)30-13-10-15(2)22(30)24-28-19-9-8-18(25)16(3)20(19)29-24/h5-9,11-12,15,22H,4,10,13H2,1-3H3,(H,28,29)/t15-,22-/m0/s1. The van der Waals surface area contributed by atoms with Crippen LogP contribution < -0.4 is 0 Å². The molecule has 1 aliphatic heterocycles. The average Bonchev–Trinajstić information content (AvgIpc) is 3.35. The van der Waals surface area contributed by atoms with E-state index >= 15 is 0 Å². The Kier molecular flexibility index (Phi) is 4.86. The zero-order valence-corrected chi connectivity index (χ0v) is 18.2. The summed E-state index contributed by atoms with van der Waals surface area (Å²) in [6.07, 6.45) is 10.2. The summed E-state index contributed by atoms with van der Waals surface area (Å²) < 4.78 is 0. The predicted octanol–water partition coefficient (Wildman–Crippen LogP) is 5.66. The molecule has 1 radical (unpaired) electrons. The number of aromatic nitrogens is 4. The van der Waals surface area contributed by atoms with Gasteiger partial charge in [0.2, 0.25) is 0 Å². The summed E-state index contributed by atoms with van der Waals surface area (Å²) >= 11 is 6.34. The number of allylic oxidation sites excluding steroid dienone is 3. The minimum Gasteiger partial charge on any atom is -0.361 e. The fourth-order valence-electron chi connectivity index (χ4n) is 4.74. The largest absolute Gasteiger partial charge is 0.361 e. The number of aromatic amines is 1. The summed E-state index contributed by atoms with van der Waals surface area (Å²) in [6, 6.07) is 5.98. The summed E-state index contributed by atoms with van der Waals surface area (Å²) in [5.41, 5.74) is 6.62. The van der Waals surface area contributed by atoms with Gasteiger partial charge in [-0.3, -0.25) is 0 Å². The second-order valence-electron chi connectivity index (χ2n) is 8.26. The van der Waals surface area contributed by atoms with Gasteiger partial charge < -0.3 is 9.88 Å². The third-order valence-electron chi connectivity index (χ3n) is 6.31. The van der Waals surface area contributed by atoms with E-state index in [-0.39, 0.29) is 6.04 Å². The molecule has 2 aromatic heterocycles. The lowest BCUT2D eigenvalue weighted by Crippen LogP contribution is -2.28. The molecule has 1 N–H and O–H groups in total. The molecule has 0 amide bonds. The molecule has 0 saturated carbocycles. The predicted molar refractivity (Wildman–Crippen MR) is 121 cm³/mol. The van der Waals surface area contributed by atoms with Crippen LogP contribution in [0.4, 0.5) is 0 Å². The van der Waals surface area contributed by atoms with Gasteiger partial charge in [-0.05, 0) is 61.9 Å². The molecule has 3 aromatic rings. The van der Waals surface area contributed by atoms with Crippen molar-refractivity contribution in [2.45, 2.75) is 39.7 Å². The van der Waals surface area contributed by atoms with Gasteiger partial charge in [0.05, 0.1) is 17.1 Å². The number of fused-ring (bicyclic) bond motifs is 1. The van der Waals surface area contributed by atoms with E-state index in [1.807, 2.05) is 37.5 Å². The Morgan fingerprint density at radius 2 is 1.97 bits per heavy atom. The lowest BCUT2D eigenvalue weighted by molar-refractivity contribution is 0.288. The van der Waals surface area contributed by atoms with E-state index < -0.39 is 0 Å². The van der Waals surface area contributed by atoms with Crippen LogP contribution in [0, 0.1) is 19.3 Å². The number of benzene rings is 1. The lowest BCUT2D eigenvalue weighted by atomic mass is 9.93. The molecular formula is C24H25ClN5. The van der Waals surface area contributed by atoms with Crippen molar-refractivity contribution in [3.05, 3.63) is 76.6 Å². The molecular weight excluding hydrogens is 394 g/mol. The van der Waals surface area contributed by atoms with Gasteiger partial charge in [0.15, 0.2) is 5.82 Å². The number of hydrogen-bond donors (Lipinski definition) is 1. The first-order chi connectivity index (χ1) is 14.5. The molecule has 0 bridgehead atoms. The number of nitrogens with one attached hydrogen (secondary N) is 1. The van der Waals surface area contributed by atoms with Crippen molar-refractivity contribution in [1.82, 2.24) is 24.8 Å². The van der Waals surface area contributed by atoms with Crippen LogP contribution in [0.5, 0.6) is 0 Å². The van der Waals surface area contributed by atoms with Gasteiger partial charge in [-0.2, -0.15) is 0 Å². The second-order valence-corrected chi connectivity index (χ2v) is 8.66. The number of hydrogen-bond acceptors (Lipinski definition) is 4. The zero-order valence-electron chi connectivity index (χ0n) is 17.5. The molecule has 1 saturated heterocycles. The van der Waals surface area contributed by atoms with Crippen molar-refractivity contribution in [2.75, 3.05) is 6.54 Å². The third-order valence-corrected chi connectivity index (χ3v) is 6.72. The summed E-state index contributed by atoms with van der Waals surface area (Å²) in [5, 5.41) is 0.753. The van der Waals surface area contributed by atoms with E-state index in [2.05, 4.69) is 46.2 Å². The monoisotopic (exact) mass is 418 g/mol. The van der Waals surface area contributed by atoms with Gasteiger partial charge >= 0.3 is 0 Å². The van der Waals surface area contributed by atoms with Crippen molar-refractivity contribution in [1.29, 1.82) is 0 Å². The smallest absolute Gasteiger partial charge is 0.157 e. The second kappa shape index (κ2) is 7.55. The Hall–Kier alpha value is -2.66. The summed E-state index contributed by atoms with van der Waals surface area (Å²) in [7, 11) is 0. The summed E-state index contributed by atoms with van der Waals surface area (Å²) in [5.74, 6) is 2.26. The number of aryl methyl sites for hydroxylation is 1. The van der Waals surface area contributed by atoms with Crippen molar-refractivity contribution in [2.24, 2.45) is 5.92 Å². The van der Waals surface area contributed by atoms with Crippen LogP contribution in [0.3, 0.4) is 0 Å². The van der Waals surface area contributed by atoms with E-state index in [9.17, 15) is 0 Å². The first-order valence-corrected chi connectivity index (χ1v) is 10.9. The first-order valence-electron chi connectivity index (χ1n) is 10.5. The quantitative estimate of drug-likeness (QED) is 0.595. The zero-order chi connectivity index (χ0) is 20.8. The van der Waals surface area contributed by atoms with Crippen LogP contribution in [0.15, 0.2) is 47.9 Å². The highest BCUT2D eigenvalue weighted by Gasteiger charge is 2.38. The highest BCUT2D eigenvalue weighted by molar-refractivity contribution is 6.32. The van der Waals surface area contributed by atoms with E-state index in [1.54, 1.807) is 0 Å². The third kappa shape index (κ3) is 3.12. The topological polar surface area (TPSA) is 57.7 Å². The minimum absolute atomic E-state index is 0.166. The fourth-order valence-corrected chi connectivity index (χ4v) is 4.89. The Bertz CT molecular complexity index is 1160. The maximum absolute atomic E-state index is 6.34. The summed E-state index contributed by atoms with van der Waals surface area (Å²) in [6.45, 7) is 7.51. The number of H-pyrrole nitrogens is 1. The molecule has 5 rings (SSSR count). The van der Waals surface area contributed by atoms with Crippen molar-refractivity contribution < 1.29 is 0 Å². The Morgan fingerprint density at radius 1 is 1.17 bits per heavy atom. The van der Waals surface area contributed by atoms with Gasteiger partial charge in [-0.25, -0.2) is 15.0 Å². The molecule has 5 nitrogen and oxygen atoms in total. The molecule has 0 unspecified atom stereocenters. The molecule has 1 aliphatic carbocycles.